The van der Waals surface area contributed by atoms with Crippen LogP contribution in [0.3, 0.4) is 0 Å². The highest BCUT2D eigenvalue weighted by Crippen LogP contribution is 2.57. The molecule has 3 heteroatoms. The van der Waals surface area contributed by atoms with Gasteiger partial charge in [-0.3, -0.25) is 0 Å². The first-order chi connectivity index (χ1) is 25.7. The SMILES string of the molecule is C=NC(=NC1=C(C=CC)C(C2=CC=CCC2)(c2ccccc2)c2ccccc21)c1ccc(-c2cc(-c3ccccc3)nc(-c3ccccc3)c2)cc1. The van der Waals surface area contributed by atoms with E-state index in [1.54, 1.807) is 0 Å². The van der Waals surface area contributed by atoms with Crippen molar-refractivity contribution in [3.05, 3.63) is 215 Å². The van der Waals surface area contributed by atoms with Crippen molar-refractivity contribution >= 4 is 18.3 Å². The zero-order valence-corrected chi connectivity index (χ0v) is 29.3. The van der Waals surface area contributed by atoms with Crippen molar-refractivity contribution in [1.82, 2.24) is 4.98 Å². The molecule has 0 bridgehead atoms. The Morgan fingerprint density at radius 3 is 1.90 bits per heavy atom. The highest BCUT2D eigenvalue weighted by atomic mass is 14.9. The number of hydrogen-bond acceptors (Lipinski definition) is 2. The molecule has 52 heavy (non-hydrogen) atoms. The van der Waals surface area contributed by atoms with Crippen molar-refractivity contribution in [3.8, 4) is 33.6 Å². The first-order valence-corrected chi connectivity index (χ1v) is 17.9. The summed E-state index contributed by atoms with van der Waals surface area (Å²) in [5.74, 6) is 0.587. The highest BCUT2D eigenvalue weighted by Gasteiger charge is 2.48. The van der Waals surface area contributed by atoms with E-state index in [4.69, 9.17) is 9.98 Å². The molecule has 2 aliphatic carbocycles. The largest absolute Gasteiger partial charge is 0.248 e. The predicted molar refractivity (Wildman–Crippen MR) is 218 cm³/mol. The lowest BCUT2D eigenvalue weighted by atomic mass is 9.64. The van der Waals surface area contributed by atoms with Crippen molar-refractivity contribution in [3.63, 3.8) is 0 Å². The Balaban J connectivity index is 1.26. The second kappa shape index (κ2) is 14.4. The average Bonchev–Trinajstić information content (AvgIpc) is 3.50. The monoisotopic (exact) mass is 669 g/mol. The standard InChI is InChI=1S/C49H39N3/c1-3-18-44-47(42-27-16-17-28-43(42)49(44,40-23-12-6-13-24-40)41-25-14-7-15-26-41)52-48(50-2)38-31-29-35(30-32-38)39-33-45(36-19-8-4-9-20-36)51-46(34-39)37-21-10-5-11-22-37/h3-14,16-25,27-34H,2,15,26H2,1H3. The van der Waals surface area contributed by atoms with E-state index in [9.17, 15) is 0 Å². The second-order valence-electron chi connectivity index (χ2n) is 13.1. The molecule has 1 atom stereocenters. The van der Waals surface area contributed by atoms with Gasteiger partial charge >= 0.3 is 0 Å². The van der Waals surface area contributed by atoms with Crippen LogP contribution in [0.1, 0.15) is 42.0 Å². The number of hydrogen-bond donors (Lipinski definition) is 0. The van der Waals surface area contributed by atoms with E-state index in [0.29, 0.717) is 5.84 Å². The van der Waals surface area contributed by atoms with E-state index in [-0.39, 0.29) is 0 Å². The van der Waals surface area contributed by atoms with E-state index in [1.165, 1.54) is 16.7 Å². The van der Waals surface area contributed by atoms with Crippen LogP contribution in [0.15, 0.2) is 203 Å². The smallest absolute Gasteiger partial charge is 0.159 e. The molecule has 0 saturated carbocycles. The molecule has 0 radical (unpaired) electrons. The van der Waals surface area contributed by atoms with Gasteiger partial charge in [0.1, 0.15) is 0 Å². The molecule has 0 fully saturated rings. The van der Waals surface area contributed by atoms with Gasteiger partial charge in [0, 0.05) is 22.3 Å². The van der Waals surface area contributed by atoms with Crippen molar-refractivity contribution in [2.75, 3.05) is 0 Å². The number of allylic oxidation sites excluding steroid dienone is 7. The molecule has 0 saturated heterocycles. The third-order valence-electron chi connectivity index (χ3n) is 10.1. The molecule has 3 nitrogen and oxygen atoms in total. The summed E-state index contributed by atoms with van der Waals surface area (Å²) in [6.45, 7) is 6.09. The lowest BCUT2D eigenvalue weighted by Crippen LogP contribution is -2.31. The van der Waals surface area contributed by atoms with Crippen LogP contribution in [0.5, 0.6) is 0 Å². The van der Waals surface area contributed by atoms with E-state index in [1.807, 2.05) is 12.1 Å². The number of amidine groups is 1. The number of benzene rings is 5. The number of fused-ring (bicyclic) bond motifs is 1. The number of pyridine rings is 1. The van der Waals surface area contributed by atoms with Gasteiger partial charge in [-0.15, -0.1) is 0 Å². The van der Waals surface area contributed by atoms with Gasteiger partial charge in [-0.2, -0.15) is 0 Å². The van der Waals surface area contributed by atoms with Crippen LogP contribution in [0.25, 0.3) is 39.3 Å². The Hall–Kier alpha value is -6.45. The van der Waals surface area contributed by atoms with Crippen LogP contribution in [0.2, 0.25) is 0 Å². The minimum Gasteiger partial charge on any atom is -0.248 e. The molecule has 0 N–H and O–H groups in total. The molecule has 2 aliphatic rings. The minimum atomic E-state index is -0.474. The summed E-state index contributed by atoms with van der Waals surface area (Å²) < 4.78 is 0. The summed E-state index contributed by atoms with van der Waals surface area (Å²) in [5.41, 5.74) is 13.7. The van der Waals surface area contributed by atoms with E-state index in [2.05, 4.69) is 189 Å². The fourth-order valence-electron chi connectivity index (χ4n) is 7.74. The van der Waals surface area contributed by atoms with Crippen LogP contribution < -0.4 is 0 Å². The molecule has 1 unspecified atom stereocenters. The molecule has 5 aromatic carbocycles. The van der Waals surface area contributed by atoms with Gasteiger partial charge in [-0.1, -0.05) is 175 Å². The molecule has 8 rings (SSSR count). The van der Waals surface area contributed by atoms with Crippen LogP contribution in [-0.2, 0) is 5.41 Å². The fraction of sp³-hybridized carbons (Fsp3) is 0.0816. The van der Waals surface area contributed by atoms with E-state index in [0.717, 1.165) is 68.9 Å². The van der Waals surface area contributed by atoms with Crippen molar-refractivity contribution < 1.29 is 0 Å². The summed E-state index contributed by atoms with van der Waals surface area (Å²) in [5, 5.41) is 0. The summed E-state index contributed by atoms with van der Waals surface area (Å²) in [4.78, 5) is 15.0. The van der Waals surface area contributed by atoms with Crippen molar-refractivity contribution in [2.24, 2.45) is 9.98 Å². The van der Waals surface area contributed by atoms with E-state index < -0.39 is 5.41 Å². The van der Waals surface area contributed by atoms with Gasteiger partial charge in [0.25, 0.3) is 0 Å². The fourth-order valence-corrected chi connectivity index (χ4v) is 7.74. The lowest BCUT2D eigenvalue weighted by molar-refractivity contribution is 0.687. The maximum atomic E-state index is 5.39. The Morgan fingerprint density at radius 1 is 0.692 bits per heavy atom. The minimum absolute atomic E-state index is 0.474. The molecule has 0 amide bonds. The number of rotatable bonds is 8. The summed E-state index contributed by atoms with van der Waals surface area (Å²) in [6.07, 6.45) is 13.1. The molecule has 1 heterocycles. The van der Waals surface area contributed by atoms with Crippen molar-refractivity contribution in [2.45, 2.75) is 25.2 Å². The van der Waals surface area contributed by atoms with Gasteiger partial charge in [-0.25, -0.2) is 15.0 Å². The zero-order chi connectivity index (χ0) is 35.3. The number of aromatic nitrogens is 1. The van der Waals surface area contributed by atoms with Gasteiger partial charge < -0.3 is 0 Å². The quantitative estimate of drug-likeness (QED) is 0.117. The van der Waals surface area contributed by atoms with Gasteiger partial charge in [-0.05, 0) is 66.4 Å². The highest BCUT2D eigenvalue weighted by molar-refractivity contribution is 6.06. The first kappa shape index (κ1) is 32.7. The molecule has 0 spiro atoms. The molecule has 6 aromatic rings. The summed E-state index contributed by atoms with van der Waals surface area (Å²) >= 11 is 0. The molecular formula is C49H39N3. The average molecular weight is 670 g/mol. The van der Waals surface area contributed by atoms with Crippen molar-refractivity contribution in [1.29, 1.82) is 0 Å². The summed E-state index contributed by atoms with van der Waals surface area (Å²) in [6, 6.07) is 53.1. The third-order valence-corrected chi connectivity index (χ3v) is 10.1. The normalized spacial score (nSPS) is 16.9. The van der Waals surface area contributed by atoms with Gasteiger partial charge in [0.2, 0.25) is 0 Å². The van der Waals surface area contributed by atoms with Crippen LogP contribution >= 0.6 is 0 Å². The zero-order valence-electron chi connectivity index (χ0n) is 29.3. The predicted octanol–water partition coefficient (Wildman–Crippen LogP) is 12.1. The lowest BCUT2D eigenvalue weighted by Gasteiger charge is -2.37. The Kier molecular flexibility index (Phi) is 9.08. The van der Waals surface area contributed by atoms with Crippen LogP contribution in [0.4, 0.5) is 0 Å². The Labute approximate surface area is 306 Å². The maximum absolute atomic E-state index is 5.39. The topological polar surface area (TPSA) is 37.6 Å². The molecule has 250 valence electrons. The first-order valence-electron chi connectivity index (χ1n) is 17.9. The second-order valence-corrected chi connectivity index (χ2v) is 13.1. The third kappa shape index (κ3) is 5.91. The molecule has 0 aliphatic heterocycles. The Morgan fingerprint density at radius 2 is 1.31 bits per heavy atom. The number of nitrogens with zero attached hydrogens (tertiary/aromatic N) is 3. The van der Waals surface area contributed by atoms with Crippen LogP contribution in [0, 0.1) is 0 Å². The maximum Gasteiger partial charge on any atom is 0.159 e. The van der Waals surface area contributed by atoms with Crippen LogP contribution in [-0.4, -0.2) is 17.5 Å². The summed E-state index contributed by atoms with van der Waals surface area (Å²) in [7, 11) is 0. The van der Waals surface area contributed by atoms with Gasteiger partial charge in [0.05, 0.1) is 22.5 Å². The van der Waals surface area contributed by atoms with Gasteiger partial charge in [0.15, 0.2) is 5.84 Å². The molecular weight excluding hydrogens is 631 g/mol. The van der Waals surface area contributed by atoms with E-state index >= 15 is 0 Å². The number of aliphatic imine (C=N–C) groups is 2. The molecule has 1 aromatic heterocycles. The Bertz CT molecular complexity index is 2340.